The summed E-state index contributed by atoms with van der Waals surface area (Å²) >= 11 is 0. The number of rotatable bonds is 4. The Labute approximate surface area is 114 Å². The molecule has 0 aromatic rings. The van der Waals surface area contributed by atoms with Crippen LogP contribution in [-0.4, -0.2) is 36.6 Å². The standard InChI is InChI=1S/C16H32N2/c1-4-14-6-7-15(17-5-2)16(12-14)18-10-8-13(3)9-11-18/h13-17H,4-12H2,1-3H3. The molecule has 3 unspecified atom stereocenters. The molecule has 2 aliphatic rings. The van der Waals surface area contributed by atoms with Gasteiger partial charge in [-0.25, -0.2) is 0 Å². The molecular weight excluding hydrogens is 220 g/mol. The van der Waals surface area contributed by atoms with Crippen LogP contribution in [0.2, 0.25) is 0 Å². The Bertz CT molecular complexity index is 233. The average Bonchev–Trinajstić information content (AvgIpc) is 2.40. The van der Waals surface area contributed by atoms with Crippen molar-refractivity contribution >= 4 is 0 Å². The molecule has 0 amide bonds. The van der Waals surface area contributed by atoms with E-state index in [2.05, 4.69) is 31.0 Å². The fraction of sp³-hybridized carbons (Fsp3) is 1.00. The normalized spacial score (nSPS) is 35.8. The first-order valence-electron chi connectivity index (χ1n) is 8.22. The number of likely N-dealkylation sites (N-methyl/N-ethyl adjacent to an activating group) is 1. The molecule has 2 fully saturated rings. The highest BCUT2D eigenvalue weighted by atomic mass is 15.2. The molecule has 1 saturated carbocycles. The lowest BCUT2D eigenvalue weighted by molar-refractivity contribution is 0.0673. The van der Waals surface area contributed by atoms with Gasteiger partial charge in [0.05, 0.1) is 0 Å². The van der Waals surface area contributed by atoms with Crippen LogP contribution in [0.25, 0.3) is 0 Å². The first-order chi connectivity index (χ1) is 8.74. The van der Waals surface area contributed by atoms with E-state index in [-0.39, 0.29) is 0 Å². The van der Waals surface area contributed by atoms with Gasteiger partial charge >= 0.3 is 0 Å². The number of nitrogens with one attached hydrogen (secondary N) is 1. The molecule has 2 rings (SSSR count). The molecule has 1 heterocycles. The van der Waals surface area contributed by atoms with Crippen LogP contribution in [0.5, 0.6) is 0 Å². The molecule has 3 atom stereocenters. The quantitative estimate of drug-likeness (QED) is 0.826. The molecule has 0 aromatic carbocycles. The largest absolute Gasteiger partial charge is 0.313 e. The van der Waals surface area contributed by atoms with E-state index in [9.17, 15) is 0 Å². The lowest BCUT2D eigenvalue weighted by atomic mass is 9.79. The Kier molecular flexibility index (Phi) is 5.50. The molecule has 0 aromatic heterocycles. The first-order valence-corrected chi connectivity index (χ1v) is 8.22. The molecular formula is C16H32N2. The molecule has 2 heteroatoms. The zero-order valence-corrected chi connectivity index (χ0v) is 12.6. The SMILES string of the molecule is CCNC1CCC(CC)CC1N1CCC(C)CC1. The Morgan fingerprint density at radius 1 is 1.06 bits per heavy atom. The van der Waals surface area contributed by atoms with Gasteiger partial charge in [0.15, 0.2) is 0 Å². The van der Waals surface area contributed by atoms with Crippen LogP contribution in [0.1, 0.15) is 59.3 Å². The second-order valence-corrected chi connectivity index (χ2v) is 6.54. The summed E-state index contributed by atoms with van der Waals surface area (Å²) in [5.41, 5.74) is 0. The van der Waals surface area contributed by atoms with Crippen molar-refractivity contribution in [2.45, 2.75) is 71.4 Å². The van der Waals surface area contributed by atoms with Gasteiger partial charge in [-0.3, -0.25) is 4.90 Å². The monoisotopic (exact) mass is 252 g/mol. The summed E-state index contributed by atoms with van der Waals surface area (Å²) in [5.74, 6) is 1.92. The molecule has 2 nitrogen and oxygen atoms in total. The minimum Gasteiger partial charge on any atom is -0.313 e. The molecule has 0 radical (unpaired) electrons. The predicted octanol–water partition coefficient (Wildman–Crippen LogP) is 3.28. The van der Waals surface area contributed by atoms with E-state index in [1.54, 1.807) is 0 Å². The molecule has 18 heavy (non-hydrogen) atoms. The van der Waals surface area contributed by atoms with E-state index in [1.165, 1.54) is 51.6 Å². The van der Waals surface area contributed by atoms with E-state index in [4.69, 9.17) is 0 Å². The number of likely N-dealkylation sites (tertiary alicyclic amines) is 1. The molecule has 1 N–H and O–H groups in total. The van der Waals surface area contributed by atoms with Gasteiger partial charge in [-0.05, 0) is 63.6 Å². The third kappa shape index (κ3) is 3.48. The van der Waals surface area contributed by atoms with Gasteiger partial charge in [-0.1, -0.05) is 27.2 Å². The molecule has 0 bridgehead atoms. The Balaban J connectivity index is 1.95. The van der Waals surface area contributed by atoms with Gasteiger partial charge < -0.3 is 5.32 Å². The van der Waals surface area contributed by atoms with Gasteiger partial charge in [-0.15, -0.1) is 0 Å². The van der Waals surface area contributed by atoms with Crippen LogP contribution < -0.4 is 5.32 Å². The number of piperidine rings is 1. The van der Waals surface area contributed by atoms with Gasteiger partial charge in [0, 0.05) is 12.1 Å². The van der Waals surface area contributed by atoms with Gasteiger partial charge in [0.2, 0.25) is 0 Å². The van der Waals surface area contributed by atoms with Crippen molar-refractivity contribution in [2.75, 3.05) is 19.6 Å². The highest BCUT2D eigenvalue weighted by molar-refractivity contribution is 4.92. The second kappa shape index (κ2) is 6.91. The molecule has 106 valence electrons. The zero-order valence-electron chi connectivity index (χ0n) is 12.6. The number of nitrogens with zero attached hydrogens (tertiary/aromatic N) is 1. The van der Waals surface area contributed by atoms with Crippen LogP contribution in [0.3, 0.4) is 0 Å². The van der Waals surface area contributed by atoms with Crippen molar-refractivity contribution in [3.63, 3.8) is 0 Å². The van der Waals surface area contributed by atoms with Crippen molar-refractivity contribution in [1.82, 2.24) is 10.2 Å². The highest BCUT2D eigenvalue weighted by Gasteiger charge is 2.34. The van der Waals surface area contributed by atoms with E-state index >= 15 is 0 Å². The Hall–Kier alpha value is -0.0800. The lowest BCUT2D eigenvalue weighted by Gasteiger charge is -2.45. The maximum absolute atomic E-state index is 3.75. The van der Waals surface area contributed by atoms with Gasteiger partial charge in [0.25, 0.3) is 0 Å². The van der Waals surface area contributed by atoms with Crippen LogP contribution in [0.4, 0.5) is 0 Å². The van der Waals surface area contributed by atoms with Crippen molar-refractivity contribution < 1.29 is 0 Å². The maximum Gasteiger partial charge on any atom is 0.0251 e. The van der Waals surface area contributed by atoms with E-state index in [1.807, 2.05) is 0 Å². The number of hydrogen-bond donors (Lipinski definition) is 1. The van der Waals surface area contributed by atoms with Crippen LogP contribution >= 0.6 is 0 Å². The molecule has 1 aliphatic heterocycles. The van der Waals surface area contributed by atoms with Gasteiger partial charge in [0.1, 0.15) is 0 Å². The summed E-state index contributed by atoms with van der Waals surface area (Å²) in [7, 11) is 0. The van der Waals surface area contributed by atoms with E-state index < -0.39 is 0 Å². The number of hydrogen-bond acceptors (Lipinski definition) is 2. The Morgan fingerprint density at radius 2 is 1.78 bits per heavy atom. The van der Waals surface area contributed by atoms with Crippen molar-refractivity contribution in [3.8, 4) is 0 Å². The van der Waals surface area contributed by atoms with Crippen molar-refractivity contribution in [2.24, 2.45) is 11.8 Å². The fourth-order valence-electron chi connectivity index (χ4n) is 3.87. The lowest BCUT2D eigenvalue weighted by Crippen LogP contribution is -2.55. The summed E-state index contributed by atoms with van der Waals surface area (Å²) < 4.78 is 0. The van der Waals surface area contributed by atoms with Crippen LogP contribution in [0.15, 0.2) is 0 Å². The summed E-state index contributed by atoms with van der Waals surface area (Å²) in [6, 6.07) is 1.57. The third-order valence-corrected chi connectivity index (χ3v) is 5.26. The van der Waals surface area contributed by atoms with Crippen molar-refractivity contribution in [1.29, 1.82) is 0 Å². The van der Waals surface area contributed by atoms with Crippen LogP contribution in [-0.2, 0) is 0 Å². The molecule has 0 spiro atoms. The van der Waals surface area contributed by atoms with Crippen molar-refractivity contribution in [3.05, 3.63) is 0 Å². The summed E-state index contributed by atoms with van der Waals surface area (Å²) in [6.45, 7) is 10.8. The van der Waals surface area contributed by atoms with E-state index in [0.29, 0.717) is 0 Å². The third-order valence-electron chi connectivity index (χ3n) is 5.26. The zero-order chi connectivity index (χ0) is 13.0. The first kappa shape index (κ1) is 14.3. The highest BCUT2D eigenvalue weighted by Crippen LogP contribution is 2.32. The summed E-state index contributed by atoms with van der Waals surface area (Å²) in [6.07, 6.45) is 8.46. The topological polar surface area (TPSA) is 15.3 Å². The fourth-order valence-corrected chi connectivity index (χ4v) is 3.87. The van der Waals surface area contributed by atoms with Gasteiger partial charge in [-0.2, -0.15) is 0 Å². The molecule has 1 saturated heterocycles. The summed E-state index contributed by atoms with van der Waals surface area (Å²) in [4.78, 5) is 2.80. The smallest absolute Gasteiger partial charge is 0.0251 e. The maximum atomic E-state index is 3.75. The predicted molar refractivity (Wildman–Crippen MR) is 78.9 cm³/mol. The average molecular weight is 252 g/mol. The minimum atomic E-state index is 0.756. The Morgan fingerprint density at radius 3 is 2.39 bits per heavy atom. The summed E-state index contributed by atoms with van der Waals surface area (Å²) in [5, 5.41) is 3.75. The van der Waals surface area contributed by atoms with E-state index in [0.717, 1.165) is 30.5 Å². The molecule has 1 aliphatic carbocycles. The minimum absolute atomic E-state index is 0.756. The second-order valence-electron chi connectivity index (χ2n) is 6.54. The van der Waals surface area contributed by atoms with Crippen LogP contribution in [0, 0.1) is 11.8 Å².